The molecule has 4 aromatic rings. The van der Waals surface area contributed by atoms with E-state index in [4.69, 9.17) is 9.15 Å². The number of rotatable bonds is 3. The molecular formula is C20H15NO5S. The van der Waals surface area contributed by atoms with Crippen LogP contribution in [0.5, 0.6) is 11.5 Å². The largest absolute Gasteiger partial charge is 0.505 e. The number of pyridine rings is 1. The lowest BCUT2D eigenvalue weighted by Crippen LogP contribution is -2.19. The van der Waals surface area contributed by atoms with Crippen LogP contribution in [0, 0.1) is 0 Å². The first-order valence-electron chi connectivity index (χ1n) is 8.10. The lowest BCUT2D eigenvalue weighted by molar-refractivity contribution is 0.415. The molecule has 0 saturated carbocycles. The van der Waals surface area contributed by atoms with E-state index >= 15 is 0 Å². The molecule has 6 nitrogen and oxygen atoms in total. The number of nitrogens with zero attached hydrogens (tertiary/aromatic N) is 1. The molecule has 27 heavy (non-hydrogen) atoms. The second-order valence-corrected chi connectivity index (χ2v) is 7.02. The van der Waals surface area contributed by atoms with Crippen molar-refractivity contribution in [1.29, 1.82) is 0 Å². The summed E-state index contributed by atoms with van der Waals surface area (Å²) >= 11 is 1.05. The van der Waals surface area contributed by atoms with Crippen LogP contribution in [0.3, 0.4) is 0 Å². The molecule has 2 heterocycles. The fraction of sp³-hybridized carbons (Fsp3) is 0.100. The predicted octanol–water partition coefficient (Wildman–Crippen LogP) is 3.51. The van der Waals surface area contributed by atoms with Crippen LogP contribution in [0.15, 0.2) is 72.3 Å². The predicted molar refractivity (Wildman–Crippen MR) is 104 cm³/mol. The zero-order valence-corrected chi connectivity index (χ0v) is 15.4. The van der Waals surface area contributed by atoms with Gasteiger partial charge in [0.1, 0.15) is 16.0 Å². The van der Waals surface area contributed by atoms with Crippen molar-refractivity contribution in [3.8, 4) is 11.5 Å². The SMILES string of the molecule is COc1ccc2c(c1)c1oc(=O)c(Sc3ccccc3)c(O)c1c(=O)n2C. The molecule has 0 radical (unpaired) electrons. The van der Waals surface area contributed by atoms with Crippen molar-refractivity contribution in [2.45, 2.75) is 9.79 Å². The van der Waals surface area contributed by atoms with Crippen molar-refractivity contribution < 1.29 is 14.3 Å². The summed E-state index contributed by atoms with van der Waals surface area (Å²) in [6, 6.07) is 14.2. The molecule has 0 aliphatic rings. The van der Waals surface area contributed by atoms with Gasteiger partial charge in [-0.1, -0.05) is 30.0 Å². The van der Waals surface area contributed by atoms with Crippen molar-refractivity contribution in [2.24, 2.45) is 7.05 Å². The van der Waals surface area contributed by atoms with Crippen LogP contribution in [0.25, 0.3) is 21.9 Å². The Morgan fingerprint density at radius 3 is 2.56 bits per heavy atom. The summed E-state index contributed by atoms with van der Waals surface area (Å²) < 4.78 is 12.1. The average Bonchev–Trinajstić information content (AvgIpc) is 2.69. The van der Waals surface area contributed by atoms with Crippen molar-refractivity contribution in [3.63, 3.8) is 0 Å². The van der Waals surface area contributed by atoms with Gasteiger partial charge in [-0.3, -0.25) is 4.79 Å². The molecule has 0 fully saturated rings. The van der Waals surface area contributed by atoms with Gasteiger partial charge in [0.15, 0.2) is 11.3 Å². The number of ether oxygens (including phenoxy) is 1. The zero-order chi connectivity index (χ0) is 19.1. The Kier molecular flexibility index (Phi) is 4.16. The Balaban J connectivity index is 2.08. The molecule has 0 bridgehead atoms. The highest BCUT2D eigenvalue weighted by Gasteiger charge is 2.21. The van der Waals surface area contributed by atoms with Crippen LogP contribution >= 0.6 is 11.8 Å². The number of hydrogen-bond donors (Lipinski definition) is 1. The van der Waals surface area contributed by atoms with Gasteiger partial charge in [0.05, 0.1) is 12.6 Å². The van der Waals surface area contributed by atoms with Gasteiger partial charge in [-0.15, -0.1) is 0 Å². The maximum Gasteiger partial charge on any atom is 0.354 e. The smallest absolute Gasteiger partial charge is 0.354 e. The lowest BCUT2D eigenvalue weighted by atomic mass is 10.1. The van der Waals surface area contributed by atoms with Gasteiger partial charge in [-0.25, -0.2) is 4.79 Å². The maximum atomic E-state index is 12.8. The van der Waals surface area contributed by atoms with Crippen LogP contribution in [0.4, 0.5) is 0 Å². The van der Waals surface area contributed by atoms with E-state index in [2.05, 4.69) is 0 Å². The topological polar surface area (TPSA) is 81.7 Å². The van der Waals surface area contributed by atoms with E-state index in [1.807, 2.05) is 18.2 Å². The second-order valence-electron chi connectivity index (χ2n) is 5.93. The summed E-state index contributed by atoms with van der Waals surface area (Å²) in [6.45, 7) is 0. The van der Waals surface area contributed by atoms with E-state index in [1.165, 1.54) is 11.7 Å². The molecule has 0 aliphatic heterocycles. The first-order valence-corrected chi connectivity index (χ1v) is 8.92. The van der Waals surface area contributed by atoms with Gasteiger partial charge >= 0.3 is 5.63 Å². The van der Waals surface area contributed by atoms with Crippen LogP contribution in [0.2, 0.25) is 0 Å². The minimum Gasteiger partial charge on any atom is -0.505 e. The summed E-state index contributed by atoms with van der Waals surface area (Å²) in [5.41, 5.74) is -0.531. The first-order chi connectivity index (χ1) is 13.0. The van der Waals surface area contributed by atoms with Crippen molar-refractivity contribution in [1.82, 2.24) is 4.57 Å². The number of benzene rings is 2. The van der Waals surface area contributed by atoms with Gasteiger partial charge in [0, 0.05) is 17.3 Å². The standard InChI is InChI=1S/C20H15NO5S/c1-21-14-9-8-11(25-2)10-13(14)17-15(19(21)23)16(22)18(20(24)26-17)27-12-6-4-3-5-7-12/h3-10,22H,1-2H3. The molecule has 0 amide bonds. The van der Waals surface area contributed by atoms with E-state index in [0.717, 1.165) is 16.7 Å². The quantitative estimate of drug-likeness (QED) is 0.547. The van der Waals surface area contributed by atoms with E-state index in [1.54, 1.807) is 37.4 Å². The third kappa shape index (κ3) is 2.76. The van der Waals surface area contributed by atoms with Gasteiger partial charge in [-0.05, 0) is 30.3 Å². The number of aromatic hydroxyl groups is 1. The molecule has 2 aromatic carbocycles. The molecule has 1 N–H and O–H groups in total. The average molecular weight is 381 g/mol. The monoisotopic (exact) mass is 381 g/mol. The van der Waals surface area contributed by atoms with E-state index < -0.39 is 11.2 Å². The molecule has 0 aliphatic carbocycles. The normalized spacial score (nSPS) is 11.2. The van der Waals surface area contributed by atoms with E-state index in [9.17, 15) is 14.7 Å². The highest BCUT2D eigenvalue weighted by molar-refractivity contribution is 7.99. The molecule has 7 heteroatoms. The Hall–Kier alpha value is -3.19. The minimum atomic E-state index is -0.703. The second kappa shape index (κ2) is 6.51. The highest BCUT2D eigenvalue weighted by Crippen LogP contribution is 2.37. The summed E-state index contributed by atoms with van der Waals surface area (Å²) in [5, 5.41) is 11.2. The number of hydrogen-bond acceptors (Lipinski definition) is 6. The van der Waals surface area contributed by atoms with Crippen molar-refractivity contribution in [3.05, 3.63) is 69.3 Å². The van der Waals surface area contributed by atoms with Gasteiger partial charge in [0.2, 0.25) is 0 Å². The summed E-state index contributed by atoms with van der Waals surface area (Å²) in [4.78, 5) is 26.1. The first kappa shape index (κ1) is 17.2. The van der Waals surface area contributed by atoms with Gasteiger partial charge < -0.3 is 18.8 Å². The van der Waals surface area contributed by atoms with E-state index in [0.29, 0.717) is 16.7 Å². The molecule has 136 valence electrons. The Morgan fingerprint density at radius 1 is 1.11 bits per heavy atom. The summed E-state index contributed by atoms with van der Waals surface area (Å²) in [6.07, 6.45) is 0. The Labute approximate surface area is 157 Å². The number of methoxy groups -OCH3 is 1. The van der Waals surface area contributed by atoms with Crippen LogP contribution in [-0.2, 0) is 7.05 Å². The molecule has 2 aromatic heterocycles. The molecule has 0 unspecified atom stereocenters. The Morgan fingerprint density at radius 2 is 1.85 bits per heavy atom. The molecule has 0 saturated heterocycles. The summed E-state index contributed by atoms with van der Waals surface area (Å²) in [5.74, 6) is 0.174. The van der Waals surface area contributed by atoms with Crippen LogP contribution in [-0.4, -0.2) is 16.8 Å². The zero-order valence-electron chi connectivity index (χ0n) is 14.6. The maximum absolute atomic E-state index is 12.8. The van der Waals surface area contributed by atoms with Crippen molar-refractivity contribution >= 4 is 33.6 Å². The fourth-order valence-corrected chi connectivity index (χ4v) is 3.84. The third-order valence-corrected chi connectivity index (χ3v) is 5.42. The lowest BCUT2D eigenvalue weighted by Gasteiger charge is -2.11. The van der Waals surface area contributed by atoms with E-state index in [-0.39, 0.29) is 21.6 Å². The molecular weight excluding hydrogens is 366 g/mol. The third-order valence-electron chi connectivity index (χ3n) is 4.35. The number of fused-ring (bicyclic) bond motifs is 3. The highest BCUT2D eigenvalue weighted by atomic mass is 32.2. The van der Waals surface area contributed by atoms with Crippen LogP contribution in [0.1, 0.15) is 0 Å². The number of aromatic nitrogens is 1. The van der Waals surface area contributed by atoms with Gasteiger partial charge in [-0.2, -0.15) is 0 Å². The Bertz CT molecular complexity index is 1290. The fourth-order valence-electron chi connectivity index (χ4n) is 2.99. The minimum absolute atomic E-state index is 0.0203. The number of aryl methyl sites for hydroxylation is 1. The molecule has 0 spiro atoms. The van der Waals surface area contributed by atoms with Gasteiger partial charge in [0.25, 0.3) is 5.56 Å². The molecule has 4 rings (SSSR count). The van der Waals surface area contributed by atoms with Crippen molar-refractivity contribution in [2.75, 3.05) is 7.11 Å². The van der Waals surface area contributed by atoms with Crippen LogP contribution < -0.4 is 15.9 Å². The molecule has 0 atom stereocenters. The summed E-state index contributed by atoms with van der Waals surface area (Å²) in [7, 11) is 3.12.